The molecule has 2 N–H and O–H groups in total. The van der Waals surface area contributed by atoms with Gasteiger partial charge in [-0.2, -0.15) is 0 Å². The number of aromatic nitrogens is 2. The highest BCUT2D eigenvalue weighted by atomic mass is 16.5. The van der Waals surface area contributed by atoms with Gasteiger partial charge in [-0.1, -0.05) is 25.3 Å². The number of ether oxygens (including phenoxy) is 1. The standard InChI is InChI=1S/C26H24N2O4/c29-20-7-4-8-22(16-20)32-21-12-9-17(10-13-21)25-27-23-15-18(26(30)31)11-14-24(23)28(25)19-5-2-1-3-6-19/h4,7-16,19,29H,1-3,5-6H2,(H,30,31). The molecule has 1 aliphatic carbocycles. The third-order valence-electron chi connectivity index (χ3n) is 6.04. The van der Waals surface area contributed by atoms with E-state index in [4.69, 9.17) is 9.72 Å². The van der Waals surface area contributed by atoms with Crippen LogP contribution in [0.1, 0.15) is 48.5 Å². The molecular formula is C26H24N2O4. The lowest BCUT2D eigenvalue weighted by molar-refractivity contribution is 0.0697. The van der Waals surface area contributed by atoms with Crippen LogP contribution in [0.25, 0.3) is 22.4 Å². The van der Waals surface area contributed by atoms with Crippen LogP contribution in [-0.4, -0.2) is 25.7 Å². The van der Waals surface area contributed by atoms with Gasteiger partial charge in [0.1, 0.15) is 23.1 Å². The van der Waals surface area contributed by atoms with Gasteiger partial charge in [0.05, 0.1) is 16.6 Å². The molecule has 5 rings (SSSR count). The van der Waals surface area contributed by atoms with Crippen molar-refractivity contribution < 1.29 is 19.7 Å². The van der Waals surface area contributed by atoms with Crippen molar-refractivity contribution in [2.24, 2.45) is 0 Å². The van der Waals surface area contributed by atoms with Crippen molar-refractivity contribution in [2.45, 2.75) is 38.1 Å². The Kier molecular flexibility index (Phi) is 5.27. The van der Waals surface area contributed by atoms with E-state index in [0.717, 1.165) is 29.7 Å². The summed E-state index contributed by atoms with van der Waals surface area (Å²) in [6.45, 7) is 0. The molecule has 1 fully saturated rings. The molecule has 0 bridgehead atoms. The lowest BCUT2D eigenvalue weighted by Gasteiger charge is -2.25. The van der Waals surface area contributed by atoms with Gasteiger partial charge in [-0.15, -0.1) is 0 Å². The van der Waals surface area contributed by atoms with E-state index < -0.39 is 5.97 Å². The van der Waals surface area contributed by atoms with Crippen LogP contribution in [-0.2, 0) is 0 Å². The molecule has 1 heterocycles. The molecule has 1 saturated carbocycles. The van der Waals surface area contributed by atoms with Crippen LogP contribution < -0.4 is 4.74 Å². The van der Waals surface area contributed by atoms with Crippen LogP contribution in [0.5, 0.6) is 17.2 Å². The number of benzene rings is 3. The van der Waals surface area contributed by atoms with Crippen molar-refractivity contribution in [3.05, 3.63) is 72.3 Å². The lowest BCUT2D eigenvalue weighted by Crippen LogP contribution is -2.14. The number of aromatic hydroxyl groups is 1. The molecule has 0 spiro atoms. The summed E-state index contributed by atoms with van der Waals surface area (Å²) in [5, 5.41) is 19.0. The summed E-state index contributed by atoms with van der Waals surface area (Å²) in [6, 6.07) is 19.9. The minimum atomic E-state index is -0.950. The molecule has 4 aromatic rings. The average molecular weight is 428 g/mol. The highest BCUT2D eigenvalue weighted by Crippen LogP contribution is 2.37. The van der Waals surface area contributed by atoms with E-state index in [0.29, 0.717) is 23.1 Å². The van der Waals surface area contributed by atoms with Crippen molar-refractivity contribution >= 4 is 17.0 Å². The molecule has 0 aliphatic heterocycles. The van der Waals surface area contributed by atoms with Gasteiger partial charge < -0.3 is 19.5 Å². The van der Waals surface area contributed by atoms with Crippen molar-refractivity contribution in [1.29, 1.82) is 0 Å². The van der Waals surface area contributed by atoms with Gasteiger partial charge in [-0.25, -0.2) is 9.78 Å². The van der Waals surface area contributed by atoms with Crippen LogP contribution in [0.3, 0.4) is 0 Å². The number of carboxylic acid groups (broad SMARTS) is 1. The summed E-state index contributed by atoms with van der Waals surface area (Å²) in [4.78, 5) is 16.3. The first-order chi connectivity index (χ1) is 15.6. The predicted octanol–water partition coefficient (Wildman–Crippen LogP) is 6.40. The SMILES string of the molecule is O=C(O)c1ccc2c(c1)nc(-c1ccc(Oc3cccc(O)c3)cc1)n2C1CCCCC1. The van der Waals surface area contributed by atoms with Gasteiger partial charge in [0.25, 0.3) is 0 Å². The zero-order valence-corrected chi connectivity index (χ0v) is 17.6. The Hall–Kier alpha value is -3.80. The first kappa shape index (κ1) is 20.1. The molecule has 0 radical (unpaired) electrons. The van der Waals surface area contributed by atoms with E-state index in [1.165, 1.54) is 19.3 Å². The van der Waals surface area contributed by atoms with E-state index in [9.17, 15) is 15.0 Å². The zero-order valence-electron chi connectivity index (χ0n) is 17.6. The van der Waals surface area contributed by atoms with E-state index in [1.54, 1.807) is 36.4 Å². The maximum absolute atomic E-state index is 11.5. The van der Waals surface area contributed by atoms with Gasteiger partial charge in [0.2, 0.25) is 0 Å². The summed E-state index contributed by atoms with van der Waals surface area (Å²) in [5.74, 6) is 1.27. The molecule has 32 heavy (non-hydrogen) atoms. The van der Waals surface area contributed by atoms with E-state index in [1.807, 2.05) is 30.3 Å². The molecule has 0 amide bonds. The Labute approximate surface area is 185 Å². The molecule has 1 aromatic heterocycles. The Balaban J connectivity index is 1.53. The van der Waals surface area contributed by atoms with Crippen LogP contribution in [0.15, 0.2) is 66.7 Å². The van der Waals surface area contributed by atoms with E-state index >= 15 is 0 Å². The summed E-state index contributed by atoms with van der Waals surface area (Å²) in [6.07, 6.45) is 5.82. The number of aromatic carboxylic acids is 1. The summed E-state index contributed by atoms with van der Waals surface area (Å²) < 4.78 is 8.13. The Bertz CT molecular complexity index is 1270. The predicted molar refractivity (Wildman–Crippen MR) is 122 cm³/mol. The average Bonchev–Trinajstić information content (AvgIpc) is 3.19. The Morgan fingerprint density at radius 2 is 1.72 bits per heavy atom. The number of phenols is 1. The zero-order chi connectivity index (χ0) is 22.1. The molecular weight excluding hydrogens is 404 g/mol. The van der Waals surface area contributed by atoms with Gasteiger partial charge in [-0.3, -0.25) is 0 Å². The molecule has 0 atom stereocenters. The van der Waals surface area contributed by atoms with Gasteiger partial charge in [-0.05, 0) is 67.4 Å². The number of hydrogen-bond donors (Lipinski definition) is 2. The first-order valence-corrected chi connectivity index (χ1v) is 10.9. The summed E-state index contributed by atoms with van der Waals surface area (Å²) in [7, 11) is 0. The monoisotopic (exact) mass is 428 g/mol. The van der Waals surface area contributed by atoms with Crippen LogP contribution in [0, 0.1) is 0 Å². The Morgan fingerprint density at radius 3 is 2.44 bits per heavy atom. The smallest absolute Gasteiger partial charge is 0.335 e. The number of carboxylic acids is 1. The number of hydrogen-bond acceptors (Lipinski definition) is 4. The molecule has 3 aromatic carbocycles. The van der Waals surface area contributed by atoms with E-state index in [2.05, 4.69) is 4.57 Å². The number of rotatable bonds is 5. The van der Waals surface area contributed by atoms with Gasteiger partial charge in [0.15, 0.2) is 0 Å². The second kappa shape index (κ2) is 8.38. The molecule has 1 aliphatic rings. The number of carbonyl (C=O) groups is 1. The second-order valence-corrected chi connectivity index (χ2v) is 8.23. The fourth-order valence-electron chi connectivity index (χ4n) is 4.50. The maximum atomic E-state index is 11.5. The van der Waals surface area contributed by atoms with Crippen molar-refractivity contribution in [1.82, 2.24) is 9.55 Å². The number of nitrogens with zero attached hydrogens (tertiary/aromatic N) is 2. The molecule has 0 saturated heterocycles. The molecule has 6 nitrogen and oxygen atoms in total. The fourth-order valence-corrected chi connectivity index (χ4v) is 4.50. The number of fused-ring (bicyclic) bond motifs is 1. The quantitative estimate of drug-likeness (QED) is 0.384. The van der Waals surface area contributed by atoms with E-state index in [-0.39, 0.29) is 11.3 Å². The first-order valence-electron chi connectivity index (χ1n) is 10.9. The molecule has 162 valence electrons. The van der Waals surface area contributed by atoms with Crippen LogP contribution in [0.2, 0.25) is 0 Å². The second-order valence-electron chi connectivity index (χ2n) is 8.23. The summed E-state index contributed by atoms with van der Waals surface area (Å²) >= 11 is 0. The topological polar surface area (TPSA) is 84.6 Å². The molecule has 0 unspecified atom stereocenters. The van der Waals surface area contributed by atoms with Crippen LogP contribution >= 0.6 is 0 Å². The van der Waals surface area contributed by atoms with Crippen LogP contribution in [0.4, 0.5) is 0 Å². The normalized spacial score (nSPS) is 14.5. The fraction of sp³-hybridized carbons (Fsp3) is 0.231. The minimum absolute atomic E-state index is 0.154. The molecule has 6 heteroatoms. The Morgan fingerprint density at radius 1 is 0.938 bits per heavy atom. The third-order valence-corrected chi connectivity index (χ3v) is 6.04. The van der Waals surface area contributed by atoms with Gasteiger partial charge in [0, 0.05) is 17.7 Å². The van der Waals surface area contributed by atoms with Crippen molar-refractivity contribution in [3.8, 4) is 28.6 Å². The highest BCUT2D eigenvalue weighted by molar-refractivity contribution is 5.93. The van der Waals surface area contributed by atoms with Gasteiger partial charge >= 0.3 is 5.97 Å². The largest absolute Gasteiger partial charge is 0.508 e. The lowest BCUT2D eigenvalue weighted by atomic mass is 9.95. The summed E-state index contributed by atoms with van der Waals surface area (Å²) in [5.41, 5.74) is 2.86. The highest BCUT2D eigenvalue weighted by Gasteiger charge is 2.23. The minimum Gasteiger partial charge on any atom is -0.508 e. The third kappa shape index (κ3) is 3.91. The van der Waals surface area contributed by atoms with Crippen molar-refractivity contribution in [2.75, 3.05) is 0 Å². The number of imidazole rings is 1. The maximum Gasteiger partial charge on any atom is 0.335 e. The van der Waals surface area contributed by atoms with Crippen molar-refractivity contribution in [3.63, 3.8) is 0 Å². The number of phenolic OH excluding ortho intramolecular Hbond substituents is 1.